The van der Waals surface area contributed by atoms with Gasteiger partial charge in [0.25, 0.3) is 0 Å². The molecule has 0 atom stereocenters. The molecule has 0 fully saturated rings. The Morgan fingerprint density at radius 1 is 1.00 bits per heavy atom. The van der Waals surface area contributed by atoms with Crippen molar-refractivity contribution in [3.8, 4) is 0 Å². The predicted molar refractivity (Wildman–Crippen MR) is 74.8 cm³/mol. The number of hydrogen-bond acceptors (Lipinski definition) is 3. The monoisotopic (exact) mass is 288 g/mol. The average molecular weight is 288 g/mol. The van der Waals surface area contributed by atoms with Gasteiger partial charge in [-0.25, -0.2) is 8.78 Å². The SMILES string of the molecule is Fc1cccc(F)c1CNCCc1nnc2ccccn12. The molecule has 3 aromatic rings. The molecule has 0 saturated heterocycles. The molecular weight excluding hydrogens is 274 g/mol. The number of pyridine rings is 1. The van der Waals surface area contributed by atoms with Crippen LogP contribution in [0.25, 0.3) is 5.65 Å². The van der Waals surface area contributed by atoms with Gasteiger partial charge in [-0.05, 0) is 24.3 Å². The molecule has 1 N–H and O–H groups in total. The summed E-state index contributed by atoms with van der Waals surface area (Å²) in [5.41, 5.74) is 0.844. The van der Waals surface area contributed by atoms with Crippen molar-refractivity contribution in [1.29, 1.82) is 0 Å². The molecule has 0 amide bonds. The summed E-state index contributed by atoms with van der Waals surface area (Å²) in [5.74, 6) is -0.252. The van der Waals surface area contributed by atoms with Gasteiger partial charge in [0.05, 0.1) is 0 Å². The first-order chi connectivity index (χ1) is 10.3. The highest BCUT2D eigenvalue weighted by Gasteiger charge is 2.08. The summed E-state index contributed by atoms with van der Waals surface area (Å²) in [6, 6.07) is 9.54. The highest BCUT2D eigenvalue weighted by molar-refractivity contribution is 5.37. The Morgan fingerprint density at radius 3 is 2.62 bits per heavy atom. The minimum Gasteiger partial charge on any atom is -0.312 e. The van der Waals surface area contributed by atoms with Gasteiger partial charge in [0.1, 0.15) is 17.5 Å². The van der Waals surface area contributed by atoms with Gasteiger partial charge in [-0.2, -0.15) is 0 Å². The normalized spacial score (nSPS) is 11.1. The second-order valence-corrected chi connectivity index (χ2v) is 4.67. The topological polar surface area (TPSA) is 42.2 Å². The second-order valence-electron chi connectivity index (χ2n) is 4.67. The van der Waals surface area contributed by atoms with E-state index in [2.05, 4.69) is 15.5 Å². The Bertz CT molecular complexity index is 734. The summed E-state index contributed by atoms with van der Waals surface area (Å²) in [5, 5.41) is 11.2. The molecule has 2 aromatic heterocycles. The third kappa shape index (κ3) is 2.90. The molecular formula is C15H14F2N4. The summed E-state index contributed by atoms with van der Waals surface area (Å²) < 4.78 is 28.8. The van der Waals surface area contributed by atoms with E-state index in [9.17, 15) is 8.78 Å². The minimum atomic E-state index is -0.532. The van der Waals surface area contributed by atoms with Gasteiger partial charge in [-0.1, -0.05) is 12.1 Å². The summed E-state index contributed by atoms with van der Waals surface area (Å²) in [4.78, 5) is 0. The Morgan fingerprint density at radius 2 is 1.81 bits per heavy atom. The van der Waals surface area contributed by atoms with E-state index in [1.807, 2.05) is 28.8 Å². The molecule has 0 radical (unpaired) electrons. The highest BCUT2D eigenvalue weighted by Crippen LogP contribution is 2.11. The van der Waals surface area contributed by atoms with Gasteiger partial charge < -0.3 is 5.32 Å². The molecule has 0 bridgehead atoms. The summed E-state index contributed by atoms with van der Waals surface area (Å²) in [6.45, 7) is 0.707. The first-order valence-electron chi connectivity index (χ1n) is 6.68. The van der Waals surface area contributed by atoms with Crippen LogP contribution in [0.1, 0.15) is 11.4 Å². The molecule has 0 spiro atoms. The largest absolute Gasteiger partial charge is 0.312 e. The number of hydrogen-bond donors (Lipinski definition) is 1. The number of nitrogens with zero attached hydrogens (tertiary/aromatic N) is 3. The predicted octanol–water partition coefficient (Wildman–Crippen LogP) is 2.34. The molecule has 6 heteroatoms. The van der Waals surface area contributed by atoms with Crippen molar-refractivity contribution in [3.63, 3.8) is 0 Å². The first kappa shape index (κ1) is 13.6. The highest BCUT2D eigenvalue weighted by atomic mass is 19.1. The lowest BCUT2D eigenvalue weighted by Crippen LogP contribution is -2.19. The molecule has 0 unspecified atom stereocenters. The van der Waals surface area contributed by atoms with Crippen LogP contribution in [0.5, 0.6) is 0 Å². The zero-order chi connectivity index (χ0) is 14.7. The van der Waals surface area contributed by atoms with Crippen molar-refractivity contribution in [2.24, 2.45) is 0 Å². The van der Waals surface area contributed by atoms with Gasteiger partial charge in [0, 0.05) is 31.3 Å². The zero-order valence-electron chi connectivity index (χ0n) is 11.3. The van der Waals surface area contributed by atoms with Crippen LogP contribution in [-0.2, 0) is 13.0 Å². The van der Waals surface area contributed by atoms with E-state index in [4.69, 9.17) is 0 Å². The van der Waals surface area contributed by atoms with Gasteiger partial charge in [0.15, 0.2) is 5.65 Å². The van der Waals surface area contributed by atoms with Crippen molar-refractivity contribution in [2.45, 2.75) is 13.0 Å². The molecule has 4 nitrogen and oxygen atoms in total. The molecule has 21 heavy (non-hydrogen) atoms. The van der Waals surface area contributed by atoms with E-state index >= 15 is 0 Å². The molecule has 3 rings (SSSR count). The van der Waals surface area contributed by atoms with E-state index in [1.54, 1.807) is 0 Å². The summed E-state index contributed by atoms with van der Waals surface area (Å²) in [6.07, 6.45) is 2.52. The lowest BCUT2D eigenvalue weighted by molar-refractivity contribution is 0.535. The number of nitrogens with one attached hydrogen (secondary N) is 1. The Hall–Kier alpha value is -2.34. The smallest absolute Gasteiger partial charge is 0.160 e. The van der Waals surface area contributed by atoms with E-state index in [0.717, 1.165) is 11.5 Å². The Labute approximate surface area is 120 Å². The maximum Gasteiger partial charge on any atom is 0.160 e. The number of benzene rings is 1. The second kappa shape index (κ2) is 5.97. The fraction of sp³-hybridized carbons (Fsp3) is 0.200. The van der Waals surface area contributed by atoms with Gasteiger partial charge >= 0.3 is 0 Å². The molecule has 0 saturated carbocycles. The third-order valence-electron chi connectivity index (χ3n) is 3.27. The molecule has 0 aliphatic rings. The van der Waals surface area contributed by atoms with Crippen LogP contribution in [0.15, 0.2) is 42.6 Å². The van der Waals surface area contributed by atoms with Crippen LogP contribution in [0.3, 0.4) is 0 Å². The van der Waals surface area contributed by atoms with Gasteiger partial charge in [-0.3, -0.25) is 4.40 Å². The van der Waals surface area contributed by atoms with Crippen LogP contribution in [0.2, 0.25) is 0 Å². The van der Waals surface area contributed by atoms with Crippen LogP contribution < -0.4 is 5.32 Å². The third-order valence-corrected chi connectivity index (χ3v) is 3.27. The van der Waals surface area contributed by atoms with E-state index < -0.39 is 11.6 Å². The number of halogens is 2. The van der Waals surface area contributed by atoms with Crippen LogP contribution >= 0.6 is 0 Å². The maximum absolute atomic E-state index is 13.5. The molecule has 0 aliphatic heterocycles. The van der Waals surface area contributed by atoms with Crippen molar-refractivity contribution in [2.75, 3.05) is 6.54 Å². The van der Waals surface area contributed by atoms with Crippen molar-refractivity contribution < 1.29 is 8.78 Å². The fourth-order valence-corrected chi connectivity index (χ4v) is 2.18. The number of fused-ring (bicyclic) bond motifs is 1. The van der Waals surface area contributed by atoms with Crippen LogP contribution in [-0.4, -0.2) is 21.1 Å². The minimum absolute atomic E-state index is 0.0589. The molecule has 1 aromatic carbocycles. The lowest BCUT2D eigenvalue weighted by Gasteiger charge is -2.06. The van der Waals surface area contributed by atoms with Crippen molar-refractivity contribution >= 4 is 5.65 Å². The van der Waals surface area contributed by atoms with E-state index in [1.165, 1.54) is 18.2 Å². The average Bonchev–Trinajstić information content (AvgIpc) is 2.89. The van der Waals surface area contributed by atoms with E-state index in [0.29, 0.717) is 13.0 Å². The van der Waals surface area contributed by atoms with Crippen molar-refractivity contribution in [3.05, 3.63) is 65.6 Å². The molecule has 2 heterocycles. The standard InChI is InChI=1S/C15H14F2N4/c16-12-4-3-5-13(17)11(12)10-18-8-7-15-20-19-14-6-1-2-9-21(14)15/h1-6,9,18H,7-8,10H2. The Kier molecular flexibility index (Phi) is 3.87. The lowest BCUT2D eigenvalue weighted by atomic mass is 10.2. The summed E-state index contributed by atoms with van der Waals surface area (Å²) >= 11 is 0. The quantitative estimate of drug-likeness (QED) is 0.733. The zero-order valence-corrected chi connectivity index (χ0v) is 11.3. The van der Waals surface area contributed by atoms with Crippen molar-refractivity contribution in [1.82, 2.24) is 19.9 Å². The van der Waals surface area contributed by atoms with Crippen LogP contribution in [0.4, 0.5) is 8.78 Å². The Balaban J connectivity index is 1.59. The van der Waals surface area contributed by atoms with Crippen LogP contribution in [0, 0.1) is 11.6 Å². The van der Waals surface area contributed by atoms with Gasteiger partial charge in [-0.15, -0.1) is 10.2 Å². The van der Waals surface area contributed by atoms with Gasteiger partial charge in [0.2, 0.25) is 0 Å². The molecule has 0 aliphatic carbocycles. The molecule has 108 valence electrons. The first-order valence-corrected chi connectivity index (χ1v) is 6.68. The van der Waals surface area contributed by atoms with E-state index in [-0.39, 0.29) is 12.1 Å². The maximum atomic E-state index is 13.5. The number of aromatic nitrogens is 3. The summed E-state index contributed by atoms with van der Waals surface area (Å²) in [7, 11) is 0. The number of rotatable bonds is 5. The fourth-order valence-electron chi connectivity index (χ4n) is 2.18.